The highest BCUT2D eigenvalue weighted by atomic mass is 16.3. The summed E-state index contributed by atoms with van der Waals surface area (Å²) < 4.78 is 1.45. The Morgan fingerprint density at radius 1 is 1.17 bits per heavy atom. The second-order valence-corrected chi connectivity index (χ2v) is 10.4. The molecule has 2 aliphatic rings. The van der Waals surface area contributed by atoms with E-state index in [4.69, 9.17) is 16.5 Å². The van der Waals surface area contributed by atoms with E-state index >= 15 is 0 Å². The zero-order chi connectivity index (χ0) is 29.4. The fourth-order valence-corrected chi connectivity index (χ4v) is 5.62. The molecule has 0 spiro atoms. The molecule has 0 saturated carbocycles. The van der Waals surface area contributed by atoms with Crippen molar-refractivity contribution in [2.75, 3.05) is 25.4 Å². The van der Waals surface area contributed by atoms with Crippen LogP contribution in [0, 0.1) is 0 Å². The monoisotopic (exact) mass is 567 g/mol. The zero-order valence-electron chi connectivity index (χ0n) is 22.6. The quantitative estimate of drug-likeness (QED) is 0.248. The van der Waals surface area contributed by atoms with Crippen molar-refractivity contribution < 1.29 is 14.7 Å². The first-order valence-corrected chi connectivity index (χ1v) is 13.6. The molecular formula is C29H29N9O4. The van der Waals surface area contributed by atoms with Crippen molar-refractivity contribution >= 4 is 23.7 Å². The van der Waals surface area contributed by atoms with Gasteiger partial charge in [-0.3, -0.25) is 19.4 Å². The first-order valence-electron chi connectivity index (χ1n) is 13.6. The number of nitrogens with zero attached hydrogens (tertiary/aromatic N) is 6. The number of aromatic nitrogens is 6. The highest BCUT2D eigenvalue weighted by molar-refractivity contribution is 5.92. The predicted octanol–water partition coefficient (Wildman–Crippen LogP) is 1.54. The summed E-state index contributed by atoms with van der Waals surface area (Å²) in [5.74, 6) is -0.376. The van der Waals surface area contributed by atoms with Gasteiger partial charge in [-0.15, -0.1) is 0 Å². The summed E-state index contributed by atoms with van der Waals surface area (Å²) >= 11 is 0. The molecule has 5 heterocycles. The van der Waals surface area contributed by atoms with Crippen LogP contribution in [0.3, 0.4) is 0 Å². The van der Waals surface area contributed by atoms with Crippen molar-refractivity contribution in [2.24, 2.45) is 5.73 Å². The molecule has 42 heavy (non-hydrogen) atoms. The number of likely N-dealkylation sites (tertiary alicyclic amines) is 1. The van der Waals surface area contributed by atoms with Gasteiger partial charge in [0.1, 0.15) is 5.82 Å². The highest BCUT2D eigenvalue weighted by Gasteiger charge is 2.30. The number of fused-ring (bicyclic) bond motifs is 1. The molecule has 0 bridgehead atoms. The molecule has 6 N–H and O–H groups in total. The average Bonchev–Trinajstić information content (AvgIpc) is 3.46. The number of piperidine rings is 1. The Morgan fingerprint density at radius 3 is 2.67 bits per heavy atom. The van der Waals surface area contributed by atoms with Gasteiger partial charge in [0.25, 0.3) is 11.5 Å². The number of carbonyl (C=O) groups excluding carboxylic acids is 2. The van der Waals surface area contributed by atoms with Crippen molar-refractivity contribution in [2.45, 2.75) is 31.1 Å². The van der Waals surface area contributed by atoms with Crippen LogP contribution in [0.1, 0.15) is 63.3 Å². The highest BCUT2D eigenvalue weighted by Crippen LogP contribution is 2.35. The Balaban J connectivity index is 1.26. The standard InChI is InChI=1S/C29H29N9O4/c30-22-3-1-17(11-19(22)14-39)23-4-2-18(12-34-23)20-13-35-38-26(31)21(15-40)24(36-27(20)38)16-5-9-37(10-6-16)29(42)25-28(41)33-8-7-32-25/h1-4,7-8,12-13,15-17,39H,5-6,9-11,14,30-31H2,(H,33,41). The van der Waals surface area contributed by atoms with Gasteiger partial charge >= 0.3 is 0 Å². The predicted molar refractivity (Wildman–Crippen MR) is 154 cm³/mol. The van der Waals surface area contributed by atoms with Gasteiger partial charge in [0, 0.05) is 66.0 Å². The molecule has 1 fully saturated rings. The maximum atomic E-state index is 12.9. The number of hydrogen-bond acceptors (Lipinski definition) is 10. The number of amides is 1. The first kappa shape index (κ1) is 27.0. The molecule has 214 valence electrons. The summed E-state index contributed by atoms with van der Waals surface area (Å²) in [6, 6.07) is 3.86. The van der Waals surface area contributed by atoms with Crippen LogP contribution >= 0.6 is 0 Å². The molecule has 0 radical (unpaired) electrons. The van der Waals surface area contributed by atoms with Gasteiger partial charge in [-0.1, -0.05) is 12.1 Å². The Bertz CT molecular complexity index is 1800. The molecular weight excluding hydrogens is 538 g/mol. The molecule has 4 aromatic heterocycles. The van der Waals surface area contributed by atoms with Gasteiger partial charge in [0.15, 0.2) is 17.6 Å². The van der Waals surface area contributed by atoms with Crippen LogP contribution in [0.15, 0.2) is 65.1 Å². The number of anilines is 1. The van der Waals surface area contributed by atoms with E-state index in [2.05, 4.69) is 20.1 Å². The van der Waals surface area contributed by atoms with Crippen LogP contribution in [-0.2, 0) is 0 Å². The van der Waals surface area contributed by atoms with Crippen molar-refractivity contribution in [1.82, 2.24) is 34.4 Å². The molecule has 0 aromatic carbocycles. The lowest BCUT2D eigenvalue weighted by molar-refractivity contribution is 0.0703. The van der Waals surface area contributed by atoms with Crippen molar-refractivity contribution in [3.63, 3.8) is 0 Å². The number of H-pyrrole nitrogens is 1. The Labute approximate surface area is 239 Å². The minimum atomic E-state index is -0.532. The summed E-state index contributed by atoms with van der Waals surface area (Å²) in [5, 5.41) is 14.0. The van der Waals surface area contributed by atoms with Crippen LogP contribution in [0.5, 0.6) is 0 Å². The largest absolute Gasteiger partial charge is 0.399 e. The second kappa shape index (κ2) is 11.0. The minimum Gasteiger partial charge on any atom is -0.399 e. The maximum Gasteiger partial charge on any atom is 0.279 e. The third-order valence-electron chi connectivity index (χ3n) is 8.00. The van der Waals surface area contributed by atoms with Crippen molar-refractivity contribution in [3.05, 3.63) is 93.3 Å². The van der Waals surface area contributed by atoms with Gasteiger partial charge in [-0.2, -0.15) is 9.61 Å². The van der Waals surface area contributed by atoms with Crippen molar-refractivity contribution in [3.8, 4) is 11.1 Å². The number of aldehydes is 1. The van der Waals surface area contributed by atoms with Gasteiger partial charge < -0.3 is 26.5 Å². The molecule has 4 aromatic rings. The Hall–Kier alpha value is -5.17. The summed E-state index contributed by atoms with van der Waals surface area (Å²) in [6.07, 6.45) is 12.3. The molecule has 1 atom stereocenters. The van der Waals surface area contributed by atoms with Gasteiger partial charge in [0.2, 0.25) is 0 Å². The van der Waals surface area contributed by atoms with Crippen LogP contribution in [0.25, 0.3) is 16.8 Å². The fourth-order valence-electron chi connectivity index (χ4n) is 5.62. The number of nitrogens with two attached hydrogens (primary N) is 2. The summed E-state index contributed by atoms with van der Waals surface area (Å²) in [4.78, 5) is 54.6. The normalized spacial score (nSPS) is 17.6. The number of nitrogens with one attached hydrogen (secondary N) is 1. The maximum absolute atomic E-state index is 12.9. The molecule has 1 amide bonds. The van der Waals surface area contributed by atoms with E-state index in [1.165, 1.54) is 16.9 Å². The number of allylic oxidation sites excluding steroid dienone is 2. The van der Waals surface area contributed by atoms with E-state index in [0.717, 1.165) is 16.8 Å². The number of hydrogen-bond donors (Lipinski definition) is 4. The number of nitrogen functional groups attached to an aromatic ring is 1. The van der Waals surface area contributed by atoms with E-state index in [9.17, 15) is 19.5 Å². The van der Waals surface area contributed by atoms with Gasteiger partial charge in [-0.25, -0.2) is 9.97 Å². The molecule has 1 unspecified atom stereocenters. The topological polar surface area (TPSA) is 198 Å². The fraction of sp³-hybridized carbons (Fsp3) is 0.276. The number of pyridine rings is 1. The third-order valence-corrected chi connectivity index (χ3v) is 8.00. The lowest BCUT2D eigenvalue weighted by Gasteiger charge is -2.32. The summed E-state index contributed by atoms with van der Waals surface area (Å²) in [5.41, 5.74) is 16.7. The van der Waals surface area contributed by atoms with Gasteiger partial charge in [-0.05, 0) is 37.0 Å². The van der Waals surface area contributed by atoms with E-state index in [1.54, 1.807) is 23.4 Å². The SMILES string of the molecule is NC1=C(CO)CC(c2ccc(-c3cnn4c(N)c(C=O)c(C5CCN(C(=O)c6ncc[nH]c6=O)CC5)nc34)cn2)C=C1. The van der Waals surface area contributed by atoms with Gasteiger partial charge in [0.05, 0.1) is 24.1 Å². The summed E-state index contributed by atoms with van der Waals surface area (Å²) in [7, 11) is 0. The first-order chi connectivity index (χ1) is 20.4. The molecule has 13 heteroatoms. The number of aliphatic hydroxyl groups excluding tert-OH is 1. The van der Waals surface area contributed by atoms with Crippen LogP contribution in [0.2, 0.25) is 0 Å². The van der Waals surface area contributed by atoms with E-state index in [1.807, 2.05) is 18.2 Å². The van der Waals surface area contributed by atoms with Crippen LogP contribution in [-0.4, -0.2) is 71.4 Å². The number of carbonyl (C=O) groups is 2. The Kier molecular flexibility index (Phi) is 7.08. The van der Waals surface area contributed by atoms with E-state index in [-0.39, 0.29) is 35.5 Å². The number of aliphatic hydroxyl groups is 1. The minimum absolute atomic E-state index is 0.00158. The van der Waals surface area contributed by atoms with Crippen molar-refractivity contribution in [1.29, 1.82) is 0 Å². The van der Waals surface area contributed by atoms with E-state index in [0.29, 0.717) is 61.2 Å². The lowest BCUT2D eigenvalue weighted by Crippen LogP contribution is -2.41. The van der Waals surface area contributed by atoms with Crippen LogP contribution < -0.4 is 17.0 Å². The average molecular weight is 568 g/mol. The molecule has 1 saturated heterocycles. The molecule has 1 aliphatic heterocycles. The molecule has 1 aliphatic carbocycles. The Morgan fingerprint density at radius 2 is 1.98 bits per heavy atom. The van der Waals surface area contributed by atoms with Crippen LogP contribution in [0.4, 0.5) is 5.82 Å². The zero-order valence-corrected chi connectivity index (χ0v) is 22.6. The van der Waals surface area contributed by atoms with E-state index < -0.39 is 11.5 Å². The lowest BCUT2D eigenvalue weighted by atomic mass is 9.90. The molecule has 6 rings (SSSR count). The number of aromatic amines is 1. The third kappa shape index (κ3) is 4.73. The number of rotatable bonds is 6. The second-order valence-electron chi connectivity index (χ2n) is 10.4. The molecule has 13 nitrogen and oxygen atoms in total. The summed E-state index contributed by atoms with van der Waals surface area (Å²) in [6.45, 7) is 0.651. The smallest absolute Gasteiger partial charge is 0.279 e.